The maximum Gasteiger partial charge on any atom is 0.332 e. The summed E-state index contributed by atoms with van der Waals surface area (Å²) in [7, 11) is 1.33. The van der Waals surface area contributed by atoms with Crippen molar-refractivity contribution in [2.24, 2.45) is 0 Å². The summed E-state index contributed by atoms with van der Waals surface area (Å²) in [6, 6.07) is 0. The number of rotatable bonds is 2. The van der Waals surface area contributed by atoms with Crippen LogP contribution in [0, 0.1) is 0 Å². The predicted octanol–water partition coefficient (Wildman–Crippen LogP) is 2.54. The van der Waals surface area contributed by atoms with Gasteiger partial charge >= 0.3 is 5.97 Å². The number of hydrogen-bond acceptors (Lipinski definition) is 2. The van der Waals surface area contributed by atoms with E-state index in [2.05, 4.69) is 25.2 Å². The minimum atomic E-state index is -0.347. The molecular weight excluding hydrogens is 140 g/mol. The molecule has 0 aromatic rings. The lowest BCUT2D eigenvalue weighted by atomic mass is 10.4. The highest BCUT2D eigenvalue weighted by molar-refractivity contribution is 5.86. The highest BCUT2D eigenvalue weighted by Crippen LogP contribution is 1.87. The molecule has 2 heteroatoms. The fourth-order valence-corrected chi connectivity index (χ4v) is 0.174. The maximum atomic E-state index is 10.2. The molecule has 66 valence electrons. The number of carbonyl (C=O) groups excluding carboxylic acids is 1. The van der Waals surface area contributed by atoms with E-state index in [1.807, 2.05) is 0 Å². The number of methoxy groups -OCH3 is 1. The van der Waals surface area contributed by atoms with E-state index < -0.39 is 0 Å². The van der Waals surface area contributed by atoms with Crippen LogP contribution >= 0.6 is 0 Å². The van der Waals surface area contributed by atoms with Crippen molar-refractivity contribution in [1.82, 2.24) is 0 Å². The number of esters is 1. The van der Waals surface area contributed by atoms with E-state index in [4.69, 9.17) is 0 Å². The summed E-state index contributed by atoms with van der Waals surface area (Å²) in [5.74, 6) is -0.347. The maximum absolute atomic E-state index is 10.2. The molecule has 0 fully saturated rings. The third-order valence-corrected chi connectivity index (χ3v) is 1.03. The minimum absolute atomic E-state index is 0.347. The molecule has 0 unspecified atom stereocenters. The molecule has 0 aliphatic heterocycles. The van der Waals surface area contributed by atoms with Gasteiger partial charge in [0.25, 0.3) is 0 Å². The fraction of sp³-hybridized carbons (Fsp3) is 0.667. The van der Waals surface area contributed by atoms with E-state index in [-0.39, 0.29) is 5.97 Å². The van der Waals surface area contributed by atoms with E-state index in [0.29, 0.717) is 5.57 Å². The van der Waals surface area contributed by atoms with E-state index in [1.54, 1.807) is 6.92 Å². The van der Waals surface area contributed by atoms with Gasteiger partial charge in [-0.3, -0.25) is 0 Å². The van der Waals surface area contributed by atoms with Gasteiger partial charge in [-0.2, -0.15) is 0 Å². The highest BCUT2D eigenvalue weighted by Gasteiger charge is 1.95. The normalized spacial score (nSPS) is 7.64. The lowest BCUT2D eigenvalue weighted by Gasteiger charge is -1.91. The van der Waals surface area contributed by atoms with Crippen LogP contribution in [0.5, 0.6) is 0 Å². The number of unbranched alkanes of at least 4 members (excludes halogenated alkanes) is 1. The molecule has 0 atom stereocenters. The van der Waals surface area contributed by atoms with Gasteiger partial charge in [-0.25, -0.2) is 4.79 Å². The summed E-state index contributed by atoms with van der Waals surface area (Å²) >= 11 is 0. The molecule has 0 aromatic carbocycles. The summed E-state index contributed by atoms with van der Waals surface area (Å²) in [6.07, 6.45) is 2.64. The smallest absolute Gasteiger partial charge is 0.332 e. The van der Waals surface area contributed by atoms with Gasteiger partial charge in [0.15, 0.2) is 0 Å². The summed E-state index contributed by atoms with van der Waals surface area (Å²) in [4.78, 5) is 10.2. The van der Waals surface area contributed by atoms with Crippen molar-refractivity contribution in [3.8, 4) is 0 Å². The van der Waals surface area contributed by atoms with Crippen LogP contribution in [0.1, 0.15) is 33.6 Å². The molecule has 0 aliphatic rings. The minimum Gasteiger partial charge on any atom is -0.466 e. The Morgan fingerprint density at radius 2 is 1.73 bits per heavy atom. The summed E-state index contributed by atoms with van der Waals surface area (Å²) in [5.41, 5.74) is 0.433. The molecule has 0 amide bonds. The number of carbonyl (C=O) groups is 1. The van der Waals surface area contributed by atoms with E-state index in [1.165, 1.54) is 20.0 Å². The third kappa shape index (κ3) is 12.4. The SMILES string of the molecule is C=C(C)C(=O)OC.CCCC. The molecule has 0 rings (SSSR count). The molecule has 11 heavy (non-hydrogen) atoms. The van der Waals surface area contributed by atoms with Crippen LogP contribution in [0.4, 0.5) is 0 Å². The predicted molar refractivity (Wildman–Crippen MR) is 47.4 cm³/mol. The molecular formula is C9H18O2. The summed E-state index contributed by atoms with van der Waals surface area (Å²) < 4.78 is 4.27. The molecule has 0 aliphatic carbocycles. The van der Waals surface area contributed by atoms with Crippen LogP contribution in [0.25, 0.3) is 0 Å². The molecule has 2 nitrogen and oxygen atoms in total. The van der Waals surface area contributed by atoms with Crippen LogP contribution in [0.2, 0.25) is 0 Å². The summed E-state index contributed by atoms with van der Waals surface area (Å²) in [5, 5.41) is 0. The van der Waals surface area contributed by atoms with Gasteiger partial charge in [-0.15, -0.1) is 0 Å². The van der Waals surface area contributed by atoms with Crippen LogP contribution < -0.4 is 0 Å². The first-order valence-electron chi connectivity index (χ1n) is 3.83. The molecule has 0 saturated heterocycles. The van der Waals surface area contributed by atoms with Gasteiger partial charge in [0.05, 0.1) is 7.11 Å². The molecule has 0 N–H and O–H groups in total. The lowest BCUT2D eigenvalue weighted by Crippen LogP contribution is -1.98. The Morgan fingerprint density at radius 1 is 1.36 bits per heavy atom. The monoisotopic (exact) mass is 158 g/mol. The van der Waals surface area contributed by atoms with Gasteiger partial charge < -0.3 is 4.74 Å². The quantitative estimate of drug-likeness (QED) is 0.456. The second kappa shape index (κ2) is 9.21. The Morgan fingerprint density at radius 3 is 1.73 bits per heavy atom. The number of ether oxygens (including phenoxy) is 1. The van der Waals surface area contributed by atoms with Crippen molar-refractivity contribution in [2.45, 2.75) is 33.6 Å². The fourth-order valence-electron chi connectivity index (χ4n) is 0.174. The second-order valence-corrected chi connectivity index (χ2v) is 2.27. The third-order valence-electron chi connectivity index (χ3n) is 1.03. The molecule has 0 saturated carbocycles. The second-order valence-electron chi connectivity index (χ2n) is 2.27. The van der Waals surface area contributed by atoms with E-state index in [0.717, 1.165) is 0 Å². The number of hydrogen-bond donors (Lipinski definition) is 0. The first-order chi connectivity index (χ1) is 5.09. The van der Waals surface area contributed by atoms with E-state index >= 15 is 0 Å². The molecule has 0 heterocycles. The largest absolute Gasteiger partial charge is 0.466 e. The average Bonchev–Trinajstić information content (AvgIpc) is 2.03. The van der Waals surface area contributed by atoms with Crippen LogP contribution in [-0.2, 0) is 9.53 Å². The standard InChI is InChI=1S/C5H8O2.C4H10/c1-4(2)5(6)7-3;1-3-4-2/h1H2,2-3H3;3-4H2,1-2H3. The molecule has 0 bridgehead atoms. The van der Waals surface area contributed by atoms with Gasteiger partial charge in [0, 0.05) is 5.57 Å². The van der Waals surface area contributed by atoms with E-state index in [9.17, 15) is 4.79 Å². The van der Waals surface area contributed by atoms with Crippen molar-refractivity contribution in [1.29, 1.82) is 0 Å². The van der Waals surface area contributed by atoms with Crippen molar-refractivity contribution in [3.63, 3.8) is 0 Å². The Hall–Kier alpha value is -0.790. The van der Waals surface area contributed by atoms with Gasteiger partial charge in [-0.1, -0.05) is 33.3 Å². The Kier molecular flexibility index (Phi) is 10.8. The topological polar surface area (TPSA) is 26.3 Å². The van der Waals surface area contributed by atoms with Crippen molar-refractivity contribution in [2.75, 3.05) is 7.11 Å². The average molecular weight is 158 g/mol. The van der Waals surface area contributed by atoms with Crippen LogP contribution in [-0.4, -0.2) is 13.1 Å². The highest BCUT2D eigenvalue weighted by atomic mass is 16.5. The lowest BCUT2D eigenvalue weighted by molar-refractivity contribution is -0.136. The van der Waals surface area contributed by atoms with Crippen LogP contribution in [0.3, 0.4) is 0 Å². The molecule has 0 aromatic heterocycles. The zero-order valence-corrected chi connectivity index (χ0v) is 7.94. The molecule has 0 spiro atoms. The zero-order valence-electron chi connectivity index (χ0n) is 7.94. The zero-order chi connectivity index (χ0) is 9.28. The van der Waals surface area contributed by atoms with Gasteiger partial charge in [-0.05, 0) is 6.92 Å². The van der Waals surface area contributed by atoms with Crippen molar-refractivity contribution >= 4 is 5.97 Å². The van der Waals surface area contributed by atoms with Gasteiger partial charge in [0.2, 0.25) is 0 Å². The molecule has 0 radical (unpaired) electrons. The Bertz CT molecular complexity index is 115. The Labute approximate surface area is 69.3 Å². The first-order valence-corrected chi connectivity index (χ1v) is 3.83. The van der Waals surface area contributed by atoms with Gasteiger partial charge in [0.1, 0.15) is 0 Å². The first kappa shape index (κ1) is 12.8. The van der Waals surface area contributed by atoms with Crippen molar-refractivity contribution < 1.29 is 9.53 Å². The van der Waals surface area contributed by atoms with Crippen LogP contribution in [0.15, 0.2) is 12.2 Å². The van der Waals surface area contributed by atoms with Crippen molar-refractivity contribution in [3.05, 3.63) is 12.2 Å². The summed E-state index contributed by atoms with van der Waals surface area (Å²) in [6.45, 7) is 9.32. The Balaban J connectivity index is 0.